The summed E-state index contributed by atoms with van der Waals surface area (Å²) in [5, 5.41) is 50.2. The van der Waals surface area contributed by atoms with E-state index in [2.05, 4.69) is 38.2 Å². The van der Waals surface area contributed by atoms with Crippen LogP contribution in [0.5, 0.6) is 0 Å². The molecule has 0 bridgehead atoms. The minimum Gasteiger partial charge on any atom is -0.457 e. The summed E-state index contributed by atoms with van der Waals surface area (Å²) < 4.78 is 34.2. The summed E-state index contributed by atoms with van der Waals surface area (Å²) in [6.45, 7) is 4.22. The van der Waals surface area contributed by atoms with Crippen LogP contribution in [0.3, 0.4) is 0 Å². The molecule has 0 aromatic carbocycles. The van der Waals surface area contributed by atoms with E-state index in [1.165, 1.54) is 109 Å². The molecular weight excluding hydrogens is 763 g/mol. The van der Waals surface area contributed by atoms with Gasteiger partial charge in [0.25, 0.3) is 0 Å². The summed E-state index contributed by atoms with van der Waals surface area (Å²) in [7, 11) is -5.02. The molecule has 0 spiro atoms. The normalized spacial score (nSPS) is 22.8. The summed E-state index contributed by atoms with van der Waals surface area (Å²) in [6.07, 6.45) is 28.1. The molecule has 6 unspecified atom stereocenters. The Bertz CT molecular complexity index is 1060. The number of ether oxygens (including phenoxy) is 2. The lowest BCUT2D eigenvalue weighted by Crippen LogP contribution is -2.64. The van der Waals surface area contributed by atoms with E-state index < -0.39 is 63.1 Å². The van der Waals surface area contributed by atoms with Crippen LogP contribution in [0.4, 0.5) is 0 Å². The second-order valence-electron chi connectivity index (χ2n) is 16.3. The molecule has 1 fully saturated rings. The lowest BCUT2D eigenvalue weighted by molar-refractivity contribution is -0.220. The summed E-state index contributed by atoms with van der Waals surface area (Å²) in [5.74, 6) is -0.479. The predicted molar refractivity (Wildman–Crippen MR) is 230 cm³/mol. The lowest BCUT2D eigenvalue weighted by atomic mass is 9.85. The minimum atomic E-state index is -5.02. The molecule has 12 nitrogen and oxygen atoms in total. The van der Waals surface area contributed by atoms with Crippen LogP contribution in [-0.4, -0.2) is 98.9 Å². The van der Waals surface area contributed by atoms with Gasteiger partial charge in [-0.1, -0.05) is 167 Å². The highest BCUT2D eigenvalue weighted by Crippen LogP contribution is 2.47. The highest BCUT2D eigenvalue weighted by molar-refractivity contribution is 7.47. The van der Waals surface area contributed by atoms with E-state index in [4.69, 9.17) is 18.5 Å². The number of phosphoric acid groups is 1. The molecule has 0 saturated heterocycles. The van der Waals surface area contributed by atoms with Crippen molar-refractivity contribution in [3.8, 4) is 0 Å². The van der Waals surface area contributed by atoms with Crippen LogP contribution >= 0.6 is 7.82 Å². The van der Waals surface area contributed by atoms with Crippen molar-refractivity contribution in [2.45, 2.75) is 236 Å². The zero-order chi connectivity index (χ0) is 42.7. The number of hydrogen-bond acceptors (Lipinski definition) is 11. The maximum atomic E-state index is 12.8. The molecule has 0 heterocycles. The van der Waals surface area contributed by atoms with Gasteiger partial charge < -0.3 is 39.9 Å². The van der Waals surface area contributed by atoms with Crippen LogP contribution in [0, 0.1) is 0 Å². The van der Waals surface area contributed by atoms with Gasteiger partial charge in [-0.25, -0.2) is 4.57 Å². The standard InChI is InChI=1S/C45H85O12P/c1-3-5-7-9-11-13-15-17-19-21-23-25-27-29-31-33-35-54-36-38(37-55-58(52,53)57-45-43(50)41(48)40(47)42(49)44(45)51)56-39(46)34-32-30-28-26-24-22-20-18-16-14-12-10-8-6-4-2/h11,13,17,19,38,40-45,47-51H,3-10,12,14-16,18,20-37H2,1-2H3,(H,52,53)/b13-11-,19-17-. The fourth-order valence-electron chi connectivity index (χ4n) is 7.09. The van der Waals surface area contributed by atoms with Crippen molar-refractivity contribution >= 4 is 13.8 Å². The van der Waals surface area contributed by atoms with E-state index in [1.54, 1.807) is 0 Å². The third-order valence-corrected chi connectivity index (χ3v) is 11.8. The fourth-order valence-corrected chi connectivity index (χ4v) is 8.06. The van der Waals surface area contributed by atoms with Crippen LogP contribution in [-0.2, 0) is 27.9 Å². The number of carbonyl (C=O) groups is 1. The summed E-state index contributed by atoms with van der Waals surface area (Å²) in [6, 6.07) is 0. The Morgan fingerprint density at radius 2 is 0.966 bits per heavy atom. The Balaban J connectivity index is 2.40. The largest absolute Gasteiger partial charge is 0.472 e. The first-order valence-electron chi connectivity index (χ1n) is 23.2. The third-order valence-electron chi connectivity index (χ3n) is 10.8. The monoisotopic (exact) mass is 849 g/mol. The van der Waals surface area contributed by atoms with Crippen molar-refractivity contribution in [1.29, 1.82) is 0 Å². The molecule has 0 aliphatic heterocycles. The molecule has 6 atom stereocenters. The van der Waals surface area contributed by atoms with Gasteiger partial charge in [-0.05, 0) is 44.9 Å². The molecule has 6 N–H and O–H groups in total. The smallest absolute Gasteiger partial charge is 0.457 e. The highest BCUT2D eigenvalue weighted by Gasteiger charge is 2.51. The average molecular weight is 849 g/mol. The molecule has 0 aromatic rings. The van der Waals surface area contributed by atoms with Gasteiger partial charge in [-0.2, -0.15) is 0 Å². The molecule has 342 valence electrons. The molecule has 0 aromatic heterocycles. The molecule has 0 amide bonds. The topological polar surface area (TPSA) is 192 Å². The maximum Gasteiger partial charge on any atom is 0.472 e. The first kappa shape index (κ1) is 54.8. The van der Waals surface area contributed by atoms with E-state index in [1.807, 2.05) is 0 Å². The van der Waals surface area contributed by atoms with Crippen molar-refractivity contribution in [2.75, 3.05) is 19.8 Å². The lowest BCUT2D eigenvalue weighted by Gasteiger charge is -2.41. The van der Waals surface area contributed by atoms with Crippen molar-refractivity contribution in [1.82, 2.24) is 0 Å². The Labute approximate surface area is 351 Å². The highest BCUT2D eigenvalue weighted by atomic mass is 31.2. The first-order valence-corrected chi connectivity index (χ1v) is 24.7. The third kappa shape index (κ3) is 28.4. The molecule has 1 aliphatic rings. The van der Waals surface area contributed by atoms with Crippen molar-refractivity contribution in [3.63, 3.8) is 0 Å². The first-order chi connectivity index (χ1) is 28.0. The van der Waals surface area contributed by atoms with Gasteiger partial charge >= 0.3 is 13.8 Å². The number of rotatable bonds is 39. The maximum absolute atomic E-state index is 12.8. The number of aliphatic hydroxyl groups is 5. The van der Waals surface area contributed by atoms with Crippen molar-refractivity contribution < 1.29 is 58.3 Å². The number of allylic oxidation sites excluding steroid dienone is 4. The Kier molecular flexibility index (Phi) is 34.5. The van der Waals surface area contributed by atoms with Crippen LogP contribution in [0.2, 0.25) is 0 Å². The number of carbonyl (C=O) groups excluding carboxylic acids is 1. The van der Waals surface area contributed by atoms with E-state index in [0.717, 1.165) is 57.8 Å². The quantitative estimate of drug-likeness (QED) is 0.0149. The Hall–Kier alpha value is -1.18. The molecular formula is C45H85O12P. The van der Waals surface area contributed by atoms with Gasteiger partial charge in [0, 0.05) is 13.0 Å². The van der Waals surface area contributed by atoms with Gasteiger partial charge in [-0.15, -0.1) is 0 Å². The fraction of sp³-hybridized carbons (Fsp3) is 0.889. The Morgan fingerprint density at radius 3 is 1.48 bits per heavy atom. The molecule has 1 rings (SSSR count). The van der Waals surface area contributed by atoms with Crippen molar-refractivity contribution in [2.24, 2.45) is 0 Å². The van der Waals surface area contributed by atoms with Crippen LogP contribution in [0.25, 0.3) is 0 Å². The summed E-state index contributed by atoms with van der Waals surface area (Å²) >= 11 is 0. The number of unbranched alkanes of at least 4 members (excludes halogenated alkanes) is 23. The molecule has 0 radical (unpaired) electrons. The number of aliphatic hydroxyl groups excluding tert-OH is 5. The van der Waals surface area contributed by atoms with Gasteiger partial charge in [-0.3, -0.25) is 13.8 Å². The van der Waals surface area contributed by atoms with Gasteiger partial charge in [0.05, 0.1) is 13.2 Å². The van der Waals surface area contributed by atoms with E-state index in [0.29, 0.717) is 13.0 Å². The predicted octanol–water partition coefficient (Wildman–Crippen LogP) is 9.31. The number of hydrogen-bond donors (Lipinski definition) is 6. The molecule has 58 heavy (non-hydrogen) atoms. The molecule has 13 heteroatoms. The SMILES string of the molecule is CCCCC/C=C\C/C=C\CCCCCCCCOCC(COP(=O)(O)OC1C(O)C(O)C(O)C(O)C1O)OC(=O)CCCCCCCCCCCCCCCCC. The van der Waals surface area contributed by atoms with Crippen LogP contribution in [0.1, 0.15) is 194 Å². The van der Waals surface area contributed by atoms with Gasteiger partial charge in [0.2, 0.25) is 0 Å². The van der Waals surface area contributed by atoms with E-state index in [9.17, 15) is 39.8 Å². The summed E-state index contributed by atoms with van der Waals surface area (Å²) in [4.78, 5) is 23.1. The summed E-state index contributed by atoms with van der Waals surface area (Å²) in [5.41, 5.74) is 0. The molecule has 1 aliphatic carbocycles. The second-order valence-corrected chi connectivity index (χ2v) is 17.7. The average Bonchev–Trinajstić information content (AvgIpc) is 3.21. The van der Waals surface area contributed by atoms with Crippen molar-refractivity contribution in [3.05, 3.63) is 24.3 Å². The minimum absolute atomic E-state index is 0.0802. The van der Waals surface area contributed by atoms with Gasteiger partial charge in [0.15, 0.2) is 0 Å². The van der Waals surface area contributed by atoms with E-state index >= 15 is 0 Å². The van der Waals surface area contributed by atoms with Gasteiger partial charge in [0.1, 0.15) is 42.7 Å². The number of esters is 1. The Morgan fingerprint density at radius 1 is 0.552 bits per heavy atom. The zero-order valence-corrected chi connectivity index (χ0v) is 37.2. The van der Waals surface area contributed by atoms with Crippen LogP contribution in [0.15, 0.2) is 24.3 Å². The zero-order valence-electron chi connectivity index (χ0n) is 36.4. The van der Waals surface area contributed by atoms with Crippen LogP contribution < -0.4 is 0 Å². The molecule has 1 saturated carbocycles. The second kappa shape index (κ2) is 36.5. The van der Waals surface area contributed by atoms with E-state index in [-0.39, 0.29) is 13.0 Å². The number of phosphoric ester groups is 1.